The number of carbonyl (C=O) groups is 2. The van der Waals surface area contributed by atoms with Gasteiger partial charge in [-0.1, -0.05) is 6.92 Å². The monoisotopic (exact) mass is 229 g/mol. The van der Waals surface area contributed by atoms with Crippen molar-refractivity contribution in [3.05, 3.63) is 0 Å². The molecule has 0 saturated carbocycles. The fraction of sp³-hybridized carbons (Fsp3) is 0.818. The number of likely N-dealkylation sites (tertiary alicyclic amines) is 1. The van der Waals surface area contributed by atoms with E-state index in [1.807, 2.05) is 13.8 Å². The van der Waals surface area contributed by atoms with Gasteiger partial charge in [-0.25, -0.2) is 0 Å². The van der Waals surface area contributed by atoms with Crippen LogP contribution in [0, 0.1) is 5.92 Å². The van der Waals surface area contributed by atoms with E-state index in [9.17, 15) is 9.59 Å². The first-order chi connectivity index (χ1) is 7.60. The van der Waals surface area contributed by atoms with Gasteiger partial charge >= 0.3 is 0 Å². The van der Waals surface area contributed by atoms with Gasteiger partial charge in [-0.3, -0.25) is 14.5 Å². The van der Waals surface area contributed by atoms with Gasteiger partial charge in [0.25, 0.3) is 0 Å². The van der Waals surface area contributed by atoms with Gasteiger partial charge in [-0.05, 0) is 13.8 Å². The van der Waals surface area contributed by atoms with E-state index < -0.39 is 6.29 Å². The molecule has 0 N–H and O–H groups in total. The molecule has 1 unspecified atom stereocenters. The van der Waals surface area contributed by atoms with Crippen molar-refractivity contribution in [2.45, 2.75) is 33.5 Å². The van der Waals surface area contributed by atoms with Crippen LogP contribution in [-0.4, -0.2) is 42.8 Å². The molecule has 5 nitrogen and oxygen atoms in total. The number of hydrogen-bond acceptors (Lipinski definition) is 4. The molecule has 0 spiro atoms. The Balaban J connectivity index is 2.56. The first-order valence-corrected chi connectivity index (χ1v) is 5.67. The van der Waals surface area contributed by atoms with E-state index in [1.54, 1.807) is 6.92 Å². The highest BCUT2D eigenvalue weighted by atomic mass is 16.7. The summed E-state index contributed by atoms with van der Waals surface area (Å²) in [5, 5.41) is 0. The molecule has 2 amide bonds. The SMILES string of the molecule is CCOC(CN1C(=O)CC(C)C1=O)OCC. The van der Waals surface area contributed by atoms with Crippen LogP contribution in [-0.2, 0) is 19.1 Å². The largest absolute Gasteiger partial charge is 0.351 e. The molecule has 1 aliphatic heterocycles. The van der Waals surface area contributed by atoms with Gasteiger partial charge in [0.2, 0.25) is 11.8 Å². The molecule has 0 radical (unpaired) electrons. The lowest BCUT2D eigenvalue weighted by Crippen LogP contribution is -2.39. The van der Waals surface area contributed by atoms with Crippen LogP contribution < -0.4 is 0 Å². The van der Waals surface area contributed by atoms with Crippen molar-refractivity contribution >= 4 is 11.8 Å². The van der Waals surface area contributed by atoms with Crippen molar-refractivity contribution in [2.75, 3.05) is 19.8 Å². The topological polar surface area (TPSA) is 55.8 Å². The number of rotatable bonds is 6. The summed E-state index contributed by atoms with van der Waals surface area (Å²) in [6.45, 7) is 6.65. The minimum Gasteiger partial charge on any atom is -0.351 e. The van der Waals surface area contributed by atoms with Crippen LogP contribution in [0.1, 0.15) is 27.2 Å². The molecule has 16 heavy (non-hydrogen) atoms. The molecular formula is C11H19NO4. The molecule has 0 aromatic rings. The van der Waals surface area contributed by atoms with Crippen LogP contribution in [0.15, 0.2) is 0 Å². The molecule has 0 aromatic heterocycles. The fourth-order valence-electron chi connectivity index (χ4n) is 1.71. The van der Waals surface area contributed by atoms with Crippen molar-refractivity contribution in [2.24, 2.45) is 5.92 Å². The molecule has 5 heteroatoms. The Morgan fingerprint density at radius 2 is 1.88 bits per heavy atom. The van der Waals surface area contributed by atoms with E-state index >= 15 is 0 Å². The lowest BCUT2D eigenvalue weighted by Gasteiger charge is -2.22. The van der Waals surface area contributed by atoms with Gasteiger partial charge in [0, 0.05) is 25.6 Å². The van der Waals surface area contributed by atoms with E-state index in [0.29, 0.717) is 19.6 Å². The first-order valence-electron chi connectivity index (χ1n) is 5.67. The Bertz CT molecular complexity index is 261. The second-order valence-corrected chi connectivity index (χ2v) is 3.79. The zero-order chi connectivity index (χ0) is 12.1. The molecule has 1 fully saturated rings. The summed E-state index contributed by atoms with van der Waals surface area (Å²) in [4.78, 5) is 24.4. The van der Waals surface area contributed by atoms with Crippen molar-refractivity contribution in [1.82, 2.24) is 4.90 Å². The van der Waals surface area contributed by atoms with Crippen LogP contribution in [0.5, 0.6) is 0 Å². The van der Waals surface area contributed by atoms with E-state index in [1.165, 1.54) is 4.90 Å². The van der Waals surface area contributed by atoms with Crippen molar-refractivity contribution in [1.29, 1.82) is 0 Å². The quantitative estimate of drug-likeness (QED) is 0.499. The van der Waals surface area contributed by atoms with Gasteiger partial charge in [-0.2, -0.15) is 0 Å². The van der Waals surface area contributed by atoms with Gasteiger partial charge in [-0.15, -0.1) is 0 Å². The third-order valence-corrected chi connectivity index (χ3v) is 2.51. The van der Waals surface area contributed by atoms with Crippen LogP contribution in [0.3, 0.4) is 0 Å². The normalized spacial score (nSPS) is 21.2. The molecule has 92 valence electrons. The Labute approximate surface area is 95.7 Å². The Morgan fingerprint density at radius 3 is 2.25 bits per heavy atom. The molecule has 1 heterocycles. The smallest absolute Gasteiger partial charge is 0.232 e. The van der Waals surface area contributed by atoms with Gasteiger partial charge in [0.1, 0.15) is 0 Å². The van der Waals surface area contributed by atoms with Crippen molar-refractivity contribution in [3.8, 4) is 0 Å². The van der Waals surface area contributed by atoms with Crippen molar-refractivity contribution in [3.63, 3.8) is 0 Å². The number of ether oxygens (including phenoxy) is 2. The maximum absolute atomic E-state index is 11.7. The van der Waals surface area contributed by atoms with Gasteiger partial charge in [0.15, 0.2) is 6.29 Å². The Hall–Kier alpha value is -0.940. The molecule has 1 aliphatic rings. The number of carbonyl (C=O) groups excluding carboxylic acids is 2. The summed E-state index contributed by atoms with van der Waals surface area (Å²) in [7, 11) is 0. The zero-order valence-electron chi connectivity index (χ0n) is 10.1. The molecule has 1 rings (SSSR count). The summed E-state index contributed by atoms with van der Waals surface area (Å²) >= 11 is 0. The van der Waals surface area contributed by atoms with Crippen LogP contribution in [0.4, 0.5) is 0 Å². The minimum absolute atomic E-state index is 0.130. The summed E-state index contributed by atoms with van der Waals surface area (Å²) in [6.07, 6.45) is -0.211. The molecule has 1 saturated heterocycles. The van der Waals surface area contributed by atoms with Crippen LogP contribution in [0.25, 0.3) is 0 Å². The predicted molar refractivity (Wildman–Crippen MR) is 57.5 cm³/mol. The van der Waals surface area contributed by atoms with E-state index in [2.05, 4.69) is 0 Å². The third kappa shape index (κ3) is 3.02. The molecule has 1 atom stereocenters. The first kappa shape index (κ1) is 13.1. The van der Waals surface area contributed by atoms with Crippen LogP contribution in [0.2, 0.25) is 0 Å². The van der Waals surface area contributed by atoms with E-state index in [-0.39, 0.29) is 24.3 Å². The highest BCUT2D eigenvalue weighted by Gasteiger charge is 2.36. The highest BCUT2D eigenvalue weighted by molar-refractivity contribution is 6.03. The average molecular weight is 229 g/mol. The number of imide groups is 1. The fourth-order valence-corrected chi connectivity index (χ4v) is 1.71. The Morgan fingerprint density at radius 1 is 1.31 bits per heavy atom. The summed E-state index contributed by atoms with van der Waals surface area (Å²) in [6, 6.07) is 0. The average Bonchev–Trinajstić information content (AvgIpc) is 2.46. The van der Waals surface area contributed by atoms with E-state index in [0.717, 1.165) is 0 Å². The van der Waals surface area contributed by atoms with Crippen LogP contribution >= 0.6 is 0 Å². The zero-order valence-corrected chi connectivity index (χ0v) is 10.1. The van der Waals surface area contributed by atoms with E-state index in [4.69, 9.17) is 9.47 Å². The summed E-state index contributed by atoms with van der Waals surface area (Å²) < 4.78 is 10.6. The number of amides is 2. The number of nitrogens with zero attached hydrogens (tertiary/aromatic N) is 1. The molecule has 0 aromatic carbocycles. The molecular weight excluding hydrogens is 210 g/mol. The predicted octanol–water partition coefficient (Wildman–Crippen LogP) is 0.780. The van der Waals surface area contributed by atoms with Gasteiger partial charge < -0.3 is 9.47 Å². The summed E-state index contributed by atoms with van der Waals surface area (Å²) in [5.74, 6) is -0.479. The maximum atomic E-state index is 11.7. The Kier molecular flexibility index (Phi) is 4.89. The standard InChI is InChI=1S/C11H19NO4/c1-4-15-10(16-5-2)7-12-9(13)6-8(3)11(12)14/h8,10H,4-7H2,1-3H3. The lowest BCUT2D eigenvalue weighted by molar-refractivity contribution is -0.163. The number of hydrogen-bond donors (Lipinski definition) is 0. The van der Waals surface area contributed by atoms with Crippen molar-refractivity contribution < 1.29 is 19.1 Å². The highest BCUT2D eigenvalue weighted by Crippen LogP contribution is 2.19. The second-order valence-electron chi connectivity index (χ2n) is 3.79. The molecule has 0 aliphatic carbocycles. The third-order valence-electron chi connectivity index (χ3n) is 2.51. The minimum atomic E-state index is -0.506. The second kappa shape index (κ2) is 5.96. The maximum Gasteiger partial charge on any atom is 0.232 e. The summed E-state index contributed by atoms with van der Waals surface area (Å²) in [5.41, 5.74) is 0. The lowest BCUT2D eigenvalue weighted by atomic mass is 10.1. The van der Waals surface area contributed by atoms with Gasteiger partial charge in [0.05, 0.1) is 6.54 Å². The molecule has 0 bridgehead atoms.